The number of aliphatic hydroxyl groups is 1. The summed E-state index contributed by atoms with van der Waals surface area (Å²) < 4.78 is 15.8. The number of nitrogens with zero attached hydrogens (tertiary/aromatic N) is 1. The first-order valence-electron chi connectivity index (χ1n) is 7.00. The standard InChI is InChI=1S/C14H22N2O6/c1-15-11-12-3-2-4-13(16(18)19)14(12)22-10-9-21-8-7-20-6-5-17/h2-4,15,17H,5-11H2,1H3. The second-order valence-corrected chi connectivity index (χ2v) is 4.35. The molecular formula is C14H22N2O6. The maximum absolute atomic E-state index is 11.1. The number of nitro benzene ring substituents is 1. The van der Waals surface area contributed by atoms with E-state index in [4.69, 9.17) is 19.3 Å². The van der Waals surface area contributed by atoms with Crippen LogP contribution in [-0.4, -0.2) is 56.7 Å². The lowest BCUT2D eigenvalue weighted by molar-refractivity contribution is -0.386. The molecule has 0 amide bonds. The first-order chi connectivity index (χ1) is 10.7. The summed E-state index contributed by atoms with van der Waals surface area (Å²) >= 11 is 0. The van der Waals surface area contributed by atoms with E-state index in [9.17, 15) is 10.1 Å². The van der Waals surface area contributed by atoms with Gasteiger partial charge in [0.1, 0.15) is 6.61 Å². The molecule has 0 spiro atoms. The number of nitro groups is 1. The van der Waals surface area contributed by atoms with Crippen molar-refractivity contribution in [3.8, 4) is 5.75 Å². The van der Waals surface area contributed by atoms with Crippen LogP contribution in [0.3, 0.4) is 0 Å². The molecule has 1 aromatic rings. The van der Waals surface area contributed by atoms with Gasteiger partial charge in [-0.2, -0.15) is 0 Å². The highest BCUT2D eigenvalue weighted by atomic mass is 16.6. The van der Waals surface area contributed by atoms with Gasteiger partial charge in [0, 0.05) is 18.2 Å². The molecule has 0 unspecified atom stereocenters. The van der Waals surface area contributed by atoms with Crippen LogP contribution in [0.1, 0.15) is 5.56 Å². The van der Waals surface area contributed by atoms with Gasteiger partial charge < -0.3 is 24.6 Å². The zero-order valence-corrected chi connectivity index (χ0v) is 12.6. The molecule has 0 heterocycles. The summed E-state index contributed by atoms with van der Waals surface area (Å²) in [6.07, 6.45) is 0. The Morgan fingerprint density at radius 2 is 1.86 bits per heavy atom. The van der Waals surface area contributed by atoms with Crippen LogP contribution in [-0.2, 0) is 16.0 Å². The predicted octanol–water partition coefficient (Wildman–Crippen LogP) is 0.718. The molecule has 1 aromatic carbocycles. The van der Waals surface area contributed by atoms with E-state index in [0.29, 0.717) is 26.4 Å². The third kappa shape index (κ3) is 6.35. The number of hydrogen-bond acceptors (Lipinski definition) is 7. The maximum atomic E-state index is 11.1. The van der Waals surface area contributed by atoms with E-state index in [-0.39, 0.29) is 31.3 Å². The summed E-state index contributed by atoms with van der Waals surface area (Å²) in [6.45, 7) is 2.01. The summed E-state index contributed by atoms with van der Waals surface area (Å²) in [4.78, 5) is 10.6. The second-order valence-electron chi connectivity index (χ2n) is 4.35. The van der Waals surface area contributed by atoms with E-state index in [1.807, 2.05) is 0 Å². The van der Waals surface area contributed by atoms with Crippen LogP contribution in [0.2, 0.25) is 0 Å². The summed E-state index contributed by atoms with van der Waals surface area (Å²) in [5, 5.41) is 22.5. The summed E-state index contributed by atoms with van der Waals surface area (Å²) in [5.74, 6) is 0.266. The van der Waals surface area contributed by atoms with E-state index in [0.717, 1.165) is 5.56 Å². The molecule has 0 aliphatic rings. The fraction of sp³-hybridized carbons (Fsp3) is 0.571. The van der Waals surface area contributed by atoms with Crippen molar-refractivity contribution >= 4 is 5.69 Å². The van der Waals surface area contributed by atoms with Crippen LogP contribution in [0.5, 0.6) is 5.75 Å². The zero-order chi connectivity index (χ0) is 16.2. The van der Waals surface area contributed by atoms with Crippen LogP contribution >= 0.6 is 0 Å². The smallest absolute Gasteiger partial charge is 0.311 e. The Hall–Kier alpha value is -1.74. The maximum Gasteiger partial charge on any atom is 0.311 e. The molecule has 1 rings (SSSR count). The van der Waals surface area contributed by atoms with Gasteiger partial charge in [-0.05, 0) is 7.05 Å². The Morgan fingerprint density at radius 3 is 2.50 bits per heavy atom. The average Bonchev–Trinajstić information content (AvgIpc) is 2.51. The lowest BCUT2D eigenvalue weighted by atomic mass is 10.1. The summed E-state index contributed by atoms with van der Waals surface area (Å²) in [6, 6.07) is 4.83. The predicted molar refractivity (Wildman–Crippen MR) is 80.1 cm³/mol. The minimum absolute atomic E-state index is 0.0188. The van der Waals surface area contributed by atoms with E-state index >= 15 is 0 Å². The van der Waals surface area contributed by atoms with Gasteiger partial charge in [0.05, 0.1) is 38.0 Å². The van der Waals surface area contributed by atoms with Crippen LogP contribution in [0.4, 0.5) is 5.69 Å². The molecule has 0 bridgehead atoms. The fourth-order valence-corrected chi connectivity index (χ4v) is 1.80. The van der Waals surface area contributed by atoms with Crippen molar-refractivity contribution in [2.75, 3.05) is 46.7 Å². The molecule has 8 heteroatoms. The lowest BCUT2D eigenvalue weighted by Crippen LogP contribution is -2.14. The minimum Gasteiger partial charge on any atom is -0.484 e. The van der Waals surface area contributed by atoms with E-state index in [1.165, 1.54) is 6.07 Å². The number of ether oxygens (including phenoxy) is 3. The Balaban J connectivity index is 2.45. The van der Waals surface area contributed by atoms with Crippen molar-refractivity contribution in [3.05, 3.63) is 33.9 Å². The van der Waals surface area contributed by atoms with Gasteiger partial charge in [-0.3, -0.25) is 10.1 Å². The summed E-state index contributed by atoms with van der Waals surface area (Å²) in [7, 11) is 1.76. The van der Waals surface area contributed by atoms with Gasteiger partial charge in [-0.25, -0.2) is 0 Å². The van der Waals surface area contributed by atoms with Gasteiger partial charge in [0.25, 0.3) is 0 Å². The molecule has 22 heavy (non-hydrogen) atoms. The molecule has 0 aliphatic carbocycles. The molecule has 0 radical (unpaired) electrons. The lowest BCUT2D eigenvalue weighted by Gasteiger charge is -2.12. The Labute approximate surface area is 129 Å². The first-order valence-corrected chi connectivity index (χ1v) is 7.00. The highest BCUT2D eigenvalue weighted by molar-refractivity contribution is 5.51. The largest absolute Gasteiger partial charge is 0.484 e. The topological polar surface area (TPSA) is 103 Å². The number of para-hydroxylation sites is 1. The highest BCUT2D eigenvalue weighted by Crippen LogP contribution is 2.30. The third-order valence-electron chi connectivity index (χ3n) is 2.72. The Kier molecular flexibility index (Phi) is 9.08. The molecule has 0 aliphatic heterocycles. The monoisotopic (exact) mass is 314 g/mol. The van der Waals surface area contributed by atoms with Crippen LogP contribution in [0.25, 0.3) is 0 Å². The normalized spacial score (nSPS) is 10.6. The van der Waals surface area contributed by atoms with E-state index < -0.39 is 4.92 Å². The van der Waals surface area contributed by atoms with Crippen LogP contribution in [0.15, 0.2) is 18.2 Å². The van der Waals surface area contributed by atoms with E-state index in [2.05, 4.69) is 5.32 Å². The number of aliphatic hydroxyl groups excluding tert-OH is 1. The first kappa shape index (κ1) is 18.3. The molecule has 8 nitrogen and oxygen atoms in total. The fourth-order valence-electron chi connectivity index (χ4n) is 1.80. The molecule has 0 aromatic heterocycles. The SMILES string of the molecule is CNCc1cccc([N+](=O)[O-])c1OCCOCCOCCO. The average molecular weight is 314 g/mol. The molecule has 2 N–H and O–H groups in total. The third-order valence-corrected chi connectivity index (χ3v) is 2.72. The van der Waals surface area contributed by atoms with Crippen molar-refractivity contribution in [3.63, 3.8) is 0 Å². The Morgan fingerprint density at radius 1 is 1.18 bits per heavy atom. The molecule has 0 fully saturated rings. The summed E-state index contributed by atoms with van der Waals surface area (Å²) in [5.41, 5.74) is 0.669. The van der Waals surface area contributed by atoms with Gasteiger partial charge in [-0.15, -0.1) is 0 Å². The molecular weight excluding hydrogens is 292 g/mol. The van der Waals surface area contributed by atoms with Crippen molar-refractivity contribution < 1.29 is 24.2 Å². The number of hydrogen-bond donors (Lipinski definition) is 2. The quantitative estimate of drug-likeness (QED) is 0.333. The molecule has 124 valence electrons. The number of nitrogens with one attached hydrogen (secondary N) is 1. The van der Waals surface area contributed by atoms with Crippen molar-refractivity contribution in [2.24, 2.45) is 0 Å². The van der Waals surface area contributed by atoms with Crippen molar-refractivity contribution in [1.82, 2.24) is 5.32 Å². The van der Waals surface area contributed by atoms with Crippen molar-refractivity contribution in [1.29, 1.82) is 0 Å². The molecule has 0 atom stereocenters. The van der Waals surface area contributed by atoms with Crippen LogP contribution in [0, 0.1) is 10.1 Å². The Bertz CT molecular complexity index is 455. The van der Waals surface area contributed by atoms with E-state index in [1.54, 1.807) is 19.2 Å². The molecule has 0 saturated heterocycles. The molecule has 0 saturated carbocycles. The zero-order valence-electron chi connectivity index (χ0n) is 12.6. The van der Waals surface area contributed by atoms with Gasteiger partial charge in [-0.1, -0.05) is 12.1 Å². The van der Waals surface area contributed by atoms with Crippen LogP contribution < -0.4 is 10.1 Å². The van der Waals surface area contributed by atoms with Gasteiger partial charge in [0.2, 0.25) is 5.75 Å². The second kappa shape index (κ2) is 10.9. The van der Waals surface area contributed by atoms with Crippen molar-refractivity contribution in [2.45, 2.75) is 6.54 Å². The number of rotatable bonds is 12. The highest BCUT2D eigenvalue weighted by Gasteiger charge is 2.18. The van der Waals surface area contributed by atoms with Gasteiger partial charge in [0.15, 0.2) is 0 Å². The van der Waals surface area contributed by atoms with Gasteiger partial charge >= 0.3 is 5.69 Å². The number of benzene rings is 1. The minimum atomic E-state index is -0.460.